The van der Waals surface area contributed by atoms with E-state index in [-0.39, 0.29) is 63.7 Å². The molecule has 0 saturated heterocycles. The van der Waals surface area contributed by atoms with Crippen molar-refractivity contribution in [3.8, 4) is 0 Å². The summed E-state index contributed by atoms with van der Waals surface area (Å²) in [7, 11) is 1.50. The first kappa shape index (κ1) is 28.5. The Balaban J connectivity index is -0.00000000167. The van der Waals surface area contributed by atoms with E-state index >= 15 is 0 Å². The van der Waals surface area contributed by atoms with Crippen LogP contribution in [-0.2, 0) is 0 Å². The molecule has 0 aliphatic heterocycles. The summed E-state index contributed by atoms with van der Waals surface area (Å²) in [5.41, 5.74) is 4.50. The monoisotopic (exact) mass is 405 g/mol. The molecule has 0 heterocycles. The minimum absolute atomic E-state index is 0. The van der Waals surface area contributed by atoms with Crippen LogP contribution in [0.4, 0.5) is 0 Å². The van der Waals surface area contributed by atoms with Crippen LogP contribution in [0.15, 0.2) is 0 Å². The maximum absolute atomic E-state index is 4.50. The summed E-state index contributed by atoms with van der Waals surface area (Å²) in [6, 6.07) is 0. The number of rotatable bonds is 0. The fraction of sp³-hybridized carbons (Fsp3) is 1.00. The van der Waals surface area contributed by atoms with E-state index in [1.165, 1.54) is 7.05 Å². The van der Waals surface area contributed by atoms with Crippen molar-refractivity contribution in [1.82, 2.24) is 0 Å². The van der Waals surface area contributed by atoms with Crippen LogP contribution in [-0.4, -0.2) is 34.3 Å². The van der Waals surface area contributed by atoms with Gasteiger partial charge >= 0.3 is 27.3 Å². The third kappa shape index (κ3) is 24.8. The zero-order valence-corrected chi connectivity index (χ0v) is 11.7. The van der Waals surface area contributed by atoms with E-state index in [9.17, 15) is 0 Å². The van der Waals surface area contributed by atoms with E-state index in [1.54, 1.807) is 0 Å². The molecule has 5 heavy (non-hydrogen) atoms. The normalized spacial score (nSPS) is 1.20. The van der Waals surface area contributed by atoms with E-state index in [0.29, 0.717) is 0 Å². The molecule has 0 unspecified atom stereocenters. The van der Waals surface area contributed by atoms with Gasteiger partial charge in [0.05, 0.1) is 0 Å². The van der Waals surface area contributed by atoms with Gasteiger partial charge < -0.3 is 5.73 Å². The molecule has 0 aliphatic rings. The summed E-state index contributed by atoms with van der Waals surface area (Å²) in [4.78, 5) is 0. The van der Waals surface area contributed by atoms with Crippen LogP contribution in [0.3, 0.4) is 0 Å². The Morgan fingerprint density at radius 2 is 1.20 bits per heavy atom. The molecule has 2 radical (unpaired) electrons. The summed E-state index contributed by atoms with van der Waals surface area (Å²) in [5, 5.41) is 0. The molecule has 0 aromatic heterocycles. The Hall–Kier alpha value is 1.90. The van der Waals surface area contributed by atoms with E-state index in [0.717, 1.165) is 0 Å². The van der Waals surface area contributed by atoms with Crippen LogP contribution in [0.1, 0.15) is 0 Å². The number of hydrogen-bond donors (Lipinski definition) is 1. The summed E-state index contributed by atoms with van der Waals surface area (Å²) in [6.07, 6.45) is 0. The second-order valence-electron chi connectivity index (χ2n) is 0. The third-order valence-corrected chi connectivity index (χ3v) is 0. The fourth-order valence-corrected chi connectivity index (χ4v) is 0. The number of nitrogens with two attached hydrogens (primary N) is 1. The topological polar surface area (TPSA) is 26.0 Å². The van der Waals surface area contributed by atoms with E-state index < -0.39 is 0 Å². The van der Waals surface area contributed by atoms with Crippen molar-refractivity contribution in [3.05, 3.63) is 0 Å². The standard InChI is InChI=1S/CH5N.ClH.HI.Pb.2H/c1-2;;;;;/h2H2,1H3;2*1H;;;. The summed E-state index contributed by atoms with van der Waals surface area (Å²) >= 11 is 0. The van der Waals surface area contributed by atoms with Crippen LogP contribution >= 0.6 is 36.4 Å². The van der Waals surface area contributed by atoms with Gasteiger partial charge in [-0.05, 0) is 7.05 Å². The molecule has 0 fully saturated rings. The first-order valence-corrected chi connectivity index (χ1v) is 0.577. The molecule has 0 saturated carbocycles. The molecule has 0 rings (SSSR count). The van der Waals surface area contributed by atoms with Gasteiger partial charge in [-0.3, -0.25) is 0 Å². The number of hydrogen-bond acceptors (Lipinski definition) is 1. The van der Waals surface area contributed by atoms with Gasteiger partial charge in [-0.15, -0.1) is 36.4 Å². The van der Waals surface area contributed by atoms with Gasteiger partial charge in [0.25, 0.3) is 0 Å². The molecular weight excluding hydrogens is 396 g/mol. The van der Waals surface area contributed by atoms with E-state index in [1.807, 2.05) is 0 Å². The van der Waals surface area contributed by atoms with Gasteiger partial charge in [-0.1, -0.05) is 0 Å². The second-order valence-corrected chi connectivity index (χ2v) is 0. The molecular formula is CH9ClINPb. The number of halogens is 2. The molecule has 2 N–H and O–H groups in total. The zero-order valence-electron chi connectivity index (χ0n) is 3.10. The van der Waals surface area contributed by atoms with Crippen molar-refractivity contribution in [2.24, 2.45) is 5.73 Å². The van der Waals surface area contributed by atoms with Crippen LogP contribution in [0.2, 0.25) is 0 Å². The molecule has 0 aromatic rings. The molecule has 0 bridgehead atoms. The van der Waals surface area contributed by atoms with Crippen molar-refractivity contribution in [3.63, 3.8) is 0 Å². The molecule has 0 atom stereocenters. The Morgan fingerprint density at radius 3 is 1.20 bits per heavy atom. The summed E-state index contributed by atoms with van der Waals surface area (Å²) in [6.45, 7) is 0. The summed E-state index contributed by atoms with van der Waals surface area (Å²) < 4.78 is 0. The SMILES string of the molecule is CN.Cl.I.[PbH2]. The molecule has 0 amide bonds. The van der Waals surface area contributed by atoms with E-state index in [2.05, 4.69) is 5.73 Å². The average Bonchev–Trinajstić information content (AvgIpc) is 1.00. The van der Waals surface area contributed by atoms with Crippen LogP contribution in [0, 0.1) is 0 Å². The van der Waals surface area contributed by atoms with Gasteiger partial charge in [0.15, 0.2) is 0 Å². The van der Waals surface area contributed by atoms with Gasteiger partial charge in [0.1, 0.15) is 0 Å². The Morgan fingerprint density at radius 1 is 1.20 bits per heavy atom. The van der Waals surface area contributed by atoms with Gasteiger partial charge in [-0.2, -0.15) is 0 Å². The predicted octanol–water partition coefficient (Wildman–Crippen LogP) is -0.301. The van der Waals surface area contributed by atoms with Crippen LogP contribution in [0.5, 0.6) is 0 Å². The van der Waals surface area contributed by atoms with Gasteiger partial charge in [0.2, 0.25) is 0 Å². The van der Waals surface area contributed by atoms with Crippen molar-refractivity contribution in [2.75, 3.05) is 7.05 Å². The van der Waals surface area contributed by atoms with Gasteiger partial charge in [0, 0.05) is 0 Å². The molecule has 0 aliphatic carbocycles. The molecule has 4 heteroatoms. The Kier molecular flexibility index (Phi) is 224. The van der Waals surface area contributed by atoms with E-state index in [4.69, 9.17) is 0 Å². The maximum atomic E-state index is 4.50. The average molecular weight is 405 g/mol. The van der Waals surface area contributed by atoms with Crippen molar-refractivity contribution < 1.29 is 0 Å². The van der Waals surface area contributed by atoms with Gasteiger partial charge in [-0.25, -0.2) is 0 Å². The Bertz CT molecular complexity index is 11.6. The molecule has 1 nitrogen and oxygen atoms in total. The predicted molar refractivity (Wildman–Crippen MR) is 41.3 cm³/mol. The second kappa shape index (κ2) is 39.2. The third-order valence-electron chi connectivity index (χ3n) is 0. The fourth-order valence-electron chi connectivity index (χ4n) is 0. The molecule has 0 spiro atoms. The van der Waals surface area contributed by atoms with Crippen molar-refractivity contribution >= 4 is 63.7 Å². The minimum atomic E-state index is 0. The first-order valence-electron chi connectivity index (χ1n) is 0.577. The van der Waals surface area contributed by atoms with Crippen molar-refractivity contribution in [2.45, 2.75) is 0 Å². The molecule has 36 valence electrons. The first-order chi connectivity index (χ1) is 1.00. The summed E-state index contributed by atoms with van der Waals surface area (Å²) in [5.74, 6) is 0. The van der Waals surface area contributed by atoms with Crippen LogP contribution in [0.25, 0.3) is 0 Å². The molecule has 0 aromatic carbocycles. The zero-order chi connectivity index (χ0) is 2.00. The van der Waals surface area contributed by atoms with Crippen molar-refractivity contribution in [1.29, 1.82) is 0 Å². The quantitative estimate of drug-likeness (QED) is 0.435. The van der Waals surface area contributed by atoms with Crippen LogP contribution < -0.4 is 5.73 Å². The Labute approximate surface area is 75.7 Å².